The minimum absolute atomic E-state index is 0.139. The lowest BCUT2D eigenvalue weighted by molar-refractivity contribution is -0.130. The number of carbonyl (C=O) groups is 2. The zero-order valence-corrected chi connectivity index (χ0v) is 15.9. The number of carbonyl (C=O) groups excluding carboxylic acids is 2. The molecule has 0 spiro atoms. The Bertz CT molecular complexity index is 773. The first kappa shape index (κ1) is 20.5. The Morgan fingerprint density at radius 1 is 1.07 bits per heavy atom. The van der Waals surface area contributed by atoms with Crippen LogP contribution in [0.15, 0.2) is 54.6 Å². The summed E-state index contributed by atoms with van der Waals surface area (Å²) in [4.78, 5) is 25.6. The molecule has 1 atom stereocenters. The van der Waals surface area contributed by atoms with E-state index in [1.54, 1.807) is 45.3 Å². The van der Waals surface area contributed by atoms with Crippen molar-refractivity contribution in [2.75, 3.05) is 27.2 Å². The highest BCUT2D eigenvalue weighted by Gasteiger charge is 2.23. The third-order valence-electron chi connectivity index (χ3n) is 4.27. The van der Waals surface area contributed by atoms with Crippen LogP contribution >= 0.6 is 0 Å². The number of hydrogen-bond donors (Lipinski definition) is 2. The lowest BCUT2D eigenvalue weighted by Gasteiger charge is -2.24. The summed E-state index contributed by atoms with van der Waals surface area (Å²) in [5, 5.41) is 13.4. The second kappa shape index (κ2) is 9.19. The molecule has 0 unspecified atom stereocenters. The van der Waals surface area contributed by atoms with Crippen molar-refractivity contribution in [1.82, 2.24) is 10.2 Å². The fraction of sp³-hybridized carbons (Fsp3) is 0.333. The van der Waals surface area contributed by atoms with Gasteiger partial charge in [-0.2, -0.15) is 0 Å². The first-order valence-corrected chi connectivity index (χ1v) is 8.79. The average molecular weight is 370 g/mol. The summed E-state index contributed by atoms with van der Waals surface area (Å²) in [5.41, 5.74) is 0.108. The fourth-order valence-corrected chi connectivity index (χ4v) is 2.50. The number of para-hydroxylation sites is 1. The van der Waals surface area contributed by atoms with E-state index in [0.717, 1.165) is 5.56 Å². The maximum Gasteiger partial charge on any atom is 0.259 e. The van der Waals surface area contributed by atoms with Crippen molar-refractivity contribution in [2.24, 2.45) is 0 Å². The summed E-state index contributed by atoms with van der Waals surface area (Å²) in [6.45, 7) is 1.88. The Balaban J connectivity index is 1.95. The molecule has 2 aromatic rings. The zero-order valence-electron chi connectivity index (χ0n) is 15.9. The van der Waals surface area contributed by atoms with Crippen LogP contribution in [-0.2, 0) is 10.4 Å². The van der Waals surface area contributed by atoms with Gasteiger partial charge < -0.3 is 20.1 Å². The van der Waals surface area contributed by atoms with Crippen LogP contribution in [-0.4, -0.2) is 49.1 Å². The van der Waals surface area contributed by atoms with E-state index in [-0.39, 0.29) is 18.4 Å². The molecule has 2 rings (SSSR count). The van der Waals surface area contributed by atoms with E-state index in [4.69, 9.17) is 4.74 Å². The Labute approximate surface area is 159 Å². The molecule has 0 saturated carbocycles. The van der Waals surface area contributed by atoms with Gasteiger partial charge in [-0.1, -0.05) is 42.5 Å². The predicted molar refractivity (Wildman–Crippen MR) is 104 cm³/mol. The van der Waals surface area contributed by atoms with E-state index in [1.807, 2.05) is 30.3 Å². The van der Waals surface area contributed by atoms with Crippen LogP contribution in [0.25, 0.3) is 0 Å². The molecular formula is C21H26N2O4. The quantitative estimate of drug-likeness (QED) is 0.747. The summed E-state index contributed by atoms with van der Waals surface area (Å²) in [6, 6.07) is 16.1. The van der Waals surface area contributed by atoms with Crippen molar-refractivity contribution in [3.05, 3.63) is 65.7 Å². The van der Waals surface area contributed by atoms with Crippen molar-refractivity contribution < 1.29 is 19.4 Å². The lowest BCUT2D eigenvalue weighted by Crippen LogP contribution is -2.32. The first-order chi connectivity index (χ1) is 12.8. The second-order valence-electron chi connectivity index (χ2n) is 6.72. The maximum atomic E-state index is 12.5. The molecule has 2 amide bonds. The van der Waals surface area contributed by atoms with Crippen LogP contribution in [0.5, 0.6) is 5.75 Å². The van der Waals surface area contributed by atoms with Gasteiger partial charge >= 0.3 is 0 Å². The predicted octanol–water partition coefficient (Wildman–Crippen LogP) is 2.18. The smallest absolute Gasteiger partial charge is 0.259 e. The second-order valence-corrected chi connectivity index (χ2v) is 6.72. The highest BCUT2D eigenvalue weighted by molar-refractivity contribution is 5.97. The summed E-state index contributed by atoms with van der Waals surface area (Å²) in [7, 11) is 3.28. The molecule has 0 saturated heterocycles. The molecule has 27 heavy (non-hydrogen) atoms. The van der Waals surface area contributed by atoms with Crippen LogP contribution in [0, 0.1) is 0 Å². The highest BCUT2D eigenvalue weighted by atomic mass is 16.5. The van der Waals surface area contributed by atoms with Gasteiger partial charge in [0.2, 0.25) is 0 Å². The molecule has 6 nitrogen and oxygen atoms in total. The molecule has 0 aliphatic carbocycles. The molecule has 0 radical (unpaired) electrons. The monoisotopic (exact) mass is 370 g/mol. The van der Waals surface area contributed by atoms with Crippen LogP contribution in [0.4, 0.5) is 0 Å². The largest absolute Gasteiger partial charge is 0.483 e. The van der Waals surface area contributed by atoms with E-state index >= 15 is 0 Å². The van der Waals surface area contributed by atoms with Crippen molar-refractivity contribution in [3.63, 3.8) is 0 Å². The summed E-state index contributed by atoms with van der Waals surface area (Å²) in [5.74, 6) is -0.157. The standard InChI is InChI=1S/C21H26N2O4/c1-21(26,16-9-5-4-6-10-16)13-14-22-20(25)17-11-7-8-12-18(17)27-15-19(24)23(2)3/h4-12,26H,13-15H2,1-3H3,(H,22,25)/t21-/m0/s1. The molecular weight excluding hydrogens is 344 g/mol. The molecule has 0 bridgehead atoms. The molecule has 0 fully saturated rings. The van der Waals surface area contributed by atoms with Crippen molar-refractivity contribution in [2.45, 2.75) is 18.9 Å². The number of likely N-dealkylation sites (N-methyl/N-ethyl adjacent to an activating group) is 1. The van der Waals surface area contributed by atoms with Crippen LogP contribution in [0.2, 0.25) is 0 Å². The molecule has 0 heterocycles. The van der Waals surface area contributed by atoms with Gasteiger partial charge in [-0.25, -0.2) is 0 Å². The Morgan fingerprint density at radius 2 is 1.70 bits per heavy atom. The van der Waals surface area contributed by atoms with Crippen molar-refractivity contribution in [3.8, 4) is 5.75 Å². The number of amides is 2. The van der Waals surface area contributed by atoms with Gasteiger partial charge in [-0.15, -0.1) is 0 Å². The third kappa shape index (κ3) is 5.82. The van der Waals surface area contributed by atoms with Crippen LogP contribution < -0.4 is 10.1 Å². The fourth-order valence-electron chi connectivity index (χ4n) is 2.50. The van der Waals surface area contributed by atoms with Crippen LogP contribution in [0.3, 0.4) is 0 Å². The molecule has 0 aromatic heterocycles. The molecule has 2 aromatic carbocycles. The minimum Gasteiger partial charge on any atom is -0.483 e. The Morgan fingerprint density at radius 3 is 2.37 bits per heavy atom. The minimum atomic E-state index is -1.04. The first-order valence-electron chi connectivity index (χ1n) is 8.79. The molecule has 144 valence electrons. The van der Waals surface area contributed by atoms with Crippen molar-refractivity contribution >= 4 is 11.8 Å². The number of hydrogen-bond acceptors (Lipinski definition) is 4. The SMILES string of the molecule is CN(C)C(=O)COc1ccccc1C(=O)NCC[C@](C)(O)c1ccccc1. The normalized spacial score (nSPS) is 12.7. The Hall–Kier alpha value is -2.86. The Kier molecular flexibility index (Phi) is 6.96. The number of benzene rings is 2. The van der Waals surface area contributed by atoms with E-state index in [1.165, 1.54) is 4.90 Å². The maximum absolute atomic E-state index is 12.5. The lowest BCUT2D eigenvalue weighted by atomic mass is 9.92. The van der Waals surface area contributed by atoms with E-state index in [2.05, 4.69) is 5.32 Å². The van der Waals surface area contributed by atoms with Gasteiger partial charge in [-0.05, 0) is 31.0 Å². The number of ether oxygens (including phenoxy) is 1. The number of nitrogens with zero attached hydrogens (tertiary/aromatic N) is 1. The van der Waals surface area contributed by atoms with Gasteiger partial charge in [0.15, 0.2) is 6.61 Å². The number of rotatable bonds is 8. The molecule has 2 N–H and O–H groups in total. The van der Waals surface area contributed by atoms with Gasteiger partial charge in [0.1, 0.15) is 5.75 Å². The van der Waals surface area contributed by atoms with E-state index in [0.29, 0.717) is 24.3 Å². The highest BCUT2D eigenvalue weighted by Crippen LogP contribution is 2.24. The molecule has 0 aliphatic heterocycles. The average Bonchev–Trinajstić information content (AvgIpc) is 2.66. The zero-order chi connectivity index (χ0) is 19.9. The third-order valence-corrected chi connectivity index (χ3v) is 4.27. The van der Waals surface area contributed by atoms with E-state index in [9.17, 15) is 14.7 Å². The van der Waals surface area contributed by atoms with Crippen LogP contribution in [0.1, 0.15) is 29.3 Å². The topological polar surface area (TPSA) is 78.9 Å². The van der Waals surface area contributed by atoms with Gasteiger partial charge in [0.05, 0.1) is 11.2 Å². The molecule has 0 aliphatic rings. The van der Waals surface area contributed by atoms with Gasteiger partial charge in [0.25, 0.3) is 11.8 Å². The van der Waals surface area contributed by atoms with E-state index < -0.39 is 5.60 Å². The number of nitrogens with one attached hydrogen (secondary N) is 1. The molecule has 6 heteroatoms. The summed E-state index contributed by atoms with van der Waals surface area (Å²) >= 11 is 0. The number of aliphatic hydroxyl groups is 1. The van der Waals surface area contributed by atoms with Crippen molar-refractivity contribution in [1.29, 1.82) is 0 Å². The van der Waals surface area contributed by atoms with Gasteiger partial charge in [0, 0.05) is 20.6 Å². The van der Waals surface area contributed by atoms with Gasteiger partial charge in [-0.3, -0.25) is 9.59 Å². The summed E-state index contributed by atoms with van der Waals surface area (Å²) < 4.78 is 5.50. The summed E-state index contributed by atoms with van der Waals surface area (Å²) in [6.07, 6.45) is 0.366.